The zero-order valence-corrected chi connectivity index (χ0v) is 18.2. The van der Waals surface area contributed by atoms with E-state index < -0.39 is 5.91 Å². The number of rotatable bonds is 6. The highest BCUT2D eigenvalue weighted by molar-refractivity contribution is 6.34. The van der Waals surface area contributed by atoms with Crippen molar-refractivity contribution in [3.63, 3.8) is 0 Å². The lowest BCUT2D eigenvalue weighted by Crippen LogP contribution is -2.15. The van der Waals surface area contributed by atoms with Crippen molar-refractivity contribution >= 4 is 46.0 Å². The van der Waals surface area contributed by atoms with Gasteiger partial charge in [-0.25, -0.2) is 9.97 Å². The van der Waals surface area contributed by atoms with Gasteiger partial charge in [-0.3, -0.25) is 19.9 Å². The van der Waals surface area contributed by atoms with Crippen LogP contribution in [0.1, 0.15) is 59.1 Å². The number of fused-ring (bicyclic) bond motifs is 1. The van der Waals surface area contributed by atoms with Crippen LogP contribution in [0.3, 0.4) is 0 Å². The number of nitrogens with one attached hydrogen (secondary N) is 2. The third kappa shape index (κ3) is 4.76. The number of Topliss-reactive ketones (excluding diaryl/α,β-unsaturated/α-hetero) is 1. The number of unbranched alkanes of at least 4 members (excludes halogenated alkanes) is 1. The van der Waals surface area contributed by atoms with Crippen LogP contribution in [0.15, 0.2) is 47.6 Å². The number of para-hydroxylation sites is 1. The van der Waals surface area contributed by atoms with Crippen LogP contribution in [0.5, 0.6) is 0 Å². The number of aromatic amines is 1. The van der Waals surface area contributed by atoms with Crippen LogP contribution in [-0.4, -0.2) is 32.4 Å². The molecule has 32 heavy (non-hydrogen) atoms. The summed E-state index contributed by atoms with van der Waals surface area (Å²) in [4.78, 5) is 41.5. The van der Waals surface area contributed by atoms with Gasteiger partial charge in [0, 0.05) is 36.7 Å². The van der Waals surface area contributed by atoms with Gasteiger partial charge in [-0.05, 0) is 36.6 Å². The Kier molecular flexibility index (Phi) is 6.43. The molecule has 3 aromatic rings. The number of nitrogens with zero attached hydrogens (tertiary/aromatic N) is 3. The summed E-state index contributed by atoms with van der Waals surface area (Å²) in [5.74, 6) is 5.53. The Labute approximate surface area is 190 Å². The molecule has 0 fully saturated rings. The van der Waals surface area contributed by atoms with Gasteiger partial charge in [-0.15, -0.1) is 0 Å². The summed E-state index contributed by atoms with van der Waals surface area (Å²) < 4.78 is 0. The quantitative estimate of drug-likeness (QED) is 0.414. The first kappa shape index (κ1) is 21.5. The van der Waals surface area contributed by atoms with E-state index in [0.29, 0.717) is 28.7 Å². The van der Waals surface area contributed by atoms with Gasteiger partial charge in [-0.2, -0.15) is 0 Å². The van der Waals surface area contributed by atoms with Gasteiger partial charge in [0.15, 0.2) is 5.78 Å². The second kappa shape index (κ2) is 9.58. The lowest BCUT2D eigenvalue weighted by Gasteiger charge is -2.04. The number of ketones is 1. The Morgan fingerprint density at radius 2 is 2.09 bits per heavy atom. The lowest BCUT2D eigenvalue weighted by atomic mass is 10.0. The van der Waals surface area contributed by atoms with Crippen LogP contribution in [0.4, 0.5) is 5.95 Å². The highest BCUT2D eigenvalue weighted by Crippen LogP contribution is 2.22. The minimum atomic E-state index is -0.521. The number of hydrogen-bond donors (Lipinski definition) is 2. The minimum Gasteiger partial charge on any atom is -0.324 e. The van der Waals surface area contributed by atoms with Gasteiger partial charge in [0.1, 0.15) is 16.9 Å². The summed E-state index contributed by atoms with van der Waals surface area (Å²) in [5.41, 5.74) is 2.93. The SMILES string of the molecule is CCCC#Cc1ccc(Cl)c(C(=O)Nc2nc3c(C(=O)CC4=NC=CC4)cccc3[nH]2)n1. The second-order valence-corrected chi connectivity index (χ2v) is 7.61. The summed E-state index contributed by atoms with van der Waals surface area (Å²) in [6, 6.07) is 8.54. The first-order valence-electron chi connectivity index (χ1n) is 10.2. The Balaban J connectivity index is 1.56. The molecule has 0 saturated heterocycles. The van der Waals surface area contributed by atoms with E-state index in [9.17, 15) is 9.59 Å². The lowest BCUT2D eigenvalue weighted by molar-refractivity contribution is 0.0998. The molecule has 0 radical (unpaired) electrons. The molecule has 2 aromatic heterocycles. The van der Waals surface area contributed by atoms with Crippen molar-refractivity contribution in [2.45, 2.75) is 32.6 Å². The van der Waals surface area contributed by atoms with Crippen LogP contribution in [-0.2, 0) is 0 Å². The van der Waals surface area contributed by atoms with E-state index in [1.807, 2.05) is 13.0 Å². The van der Waals surface area contributed by atoms with Crippen molar-refractivity contribution < 1.29 is 9.59 Å². The molecule has 0 aliphatic carbocycles. The number of halogens is 1. The zero-order chi connectivity index (χ0) is 22.5. The van der Waals surface area contributed by atoms with Gasteiger partial charge in [0.25, 0.3) is 5.91 Å². The van der Waals surface area contributed by atoms with Crippen LogP contribution >= 0.6 is 11.6 Å². The number of aliphatic imine (C=N–C) groups is 1. The first-order valence-corrected chi connectivity index (χ1v) is 10.6. The van der Waals surface area contributed by atoms with Gasteiger partial charge in [0.2, 0.25) is 5.95 Å². The molecule has 0 spiro atoms. The van der Waals surface area contributed by atoms with E-state index in [4.69, 9.17) is 11.6 Å². The number of allylic oxidation sites excluding steroid dienone is 1. The third-order valence-electron chi connectivity index (χ3n) is 4.78. The third-order valence-corrected chi connectivity index (χ3v) is 5.08. The van der Waals surface area contributed by atoms with E-state index in [-0.39, 0.29) is 28.9 Å². The van der Waals surface area contributed by atoms with E-state index >= 15 is 0 Å². The monoisotopic (exact) mass is 445 g/mol. The number of anilines is 1. The van der Waals surface area contributed by atoms with Crippen molar-refractivity contribution in [1.29, 1.82) is 0 Å². The van der Waals surface area contributed by atoms with Crippen molar-refractivity contribution in [3.05, 3.63) is 64.6 Å². The molecule has 3 heterocycles. The summed E-state index contributed by atoms with van der Waals surface area (Å²) in [6.07, 6.45) is 6.21. The predicted octanol–water partition coefficient (Wildman–Crippen LogP) is 4.95. The standard InChI is InChI=1S/C24H20ClN5O2/c1-2-3-4-7-15-11-12-18(25)22(27-15)23(32)30-24-28-19-10-5-9-17(21(19)29-24)20(31)14-16-8-6-13-26-16/h5-6,9-13H,2-3,8,14H2,1H3,(H2,28,29,30,32). The van der Waals surface area contributed by atoms with E-state index in [0.717, 1.165) is 18.6 Å². The van der Waals surface area contributed by atoms with Crippen molar-refractivity contribution in [2.75, 3.05) is 5.32 Å². The summed E-state index contributed by atoms with van der Waals surface area (Å²) in [7, 11) is 0. The molecule has 1 aliphatic rings. The number of carbonyl (C=O) groups excluding carboxylic acids is 2. The fourth-order valence-electron chi connectivity index (χ4n) is 3.23. The van der Waals surface area contributed by atoms with Crippen molar-refractivity contribution in [2.24, 2.45) is 4.99 Å². The Hall–Kier alpha value is -3.76. The largest absolute Gasteiger partial charge is 0.324 e. The molecule has 1 amide bonds. The molecule has 0 bridgehead atoms. The van der Waals surface area contributed by atoms with E-state index in [1.165, 1.54) is 0 Å². The second-order valence-electron chi connectivity index (χ2n) is 7.20. The first-order chi connectivity index (χ1) is 15.5. The number of carbonyl (C=O) groups is 2. The molecule has 0 saturated carbocycles. The normalized spacial score (nSPS) is 12.4. The number of aromatic nitrogens is 3. The topological polar surface area (TPSA) is 100 Å². The average Bonchev–Trinajstić information content (AvgIpc) is 3.43. The zero-order valence-electron chi connectivity index (χ0n) is 17.4. The molecule has 2 N–H and O–H groups in total. The van der Waals surface area contributed by atoms with Gasteiger partial charge in [0.05, 0.1) is 10.5 Å². The number of H-pyrrole nitrogens is 1. The Morgan fingerprint density at radius 1 is 1.22 bits per heavy atom. The molecule has 0 unspecified atom stereocenters. The molecule has 0 atom stereocenters. The van der Waals surface area contributed by atoms with E-state index in [1.54, 1.807) is 36.5 Å². The predicted molar refractivity (Wildman–Crippen MR) is 125 cm³/mol. The molecule has 7 nitrogen and oxygen atoms in total. The average molecular weight is 446 g/mol. The molecular formula is C24H20ClN5O2. The highest BCUT2D eigenvalue weighted by Gasteiger charge is 2.19. The van der Waals surface area contributed by atoms with Crippen LogP contribution < -0.4 is 5.32 Å². The molecular weight excluding hydrogens is 426 g/mol. The van der Waals surface area contributed by atoms with Gasteiger partial charge >= 0.3 is 0 Å². The maximum Gasteiger partial charge on any atom is 0.278 e. The van der Waals surface area contributed by atoms with Crippen LogP contribution in [0, 0.1) is 11.8 Å². The number of pyridine rings is 1. The molecule has 1 aliphatic heterocycles. The number of imidazole rings is 1. The fraction of sp³-hybridized carbons (Fsp3) is 0.208. The summed E-state index contributed by atoms with van der Waals surface area (Å²) in [5, 5.41) is 2.89. The smallest absolute Gasteiger partial charge is 0.278 e. The number of hydrogen-bond acceptors (Lipinski definition) is 5. The van der Waals surface area contributed by atoms with Crippen LogP contribution in [0.25, 0.3) is 11.0 Å². The van der Waals surface area contributed by atoms with Gasteiger partial charge < -0.3 is 4.98 Å². The van der Waals surface area contributed by atoms with E-state index in [2.05, 4.69) is 37.1 Å². The number of benzene rings is 1. The maximum atomic E-state index is 12.8. The van der Waals surface area contributed by atoms with Crippen LogP contribution in [0.2, 0.25) is 5.02 Å². The summed E-state index contributed by atoms with van der Waals surface area (Å²) in [6.45, 7) is 2.04. The molecule has 4 rings (SSSR count). The van der Waals surface area contributed by atoms with Crippen molar-refractivity contribution in [1.82, 2.24) is 15.0 Å². The molecule has 1 aromatic carbocycles. The highest BCUT2D eigenvalue weighted by atomic mass is 35.5. The summed E-state index contributed by atoms with van der Waals surface area (Å²) >= 11 is 6.18. The Bertz CT molecular complexity index is 1330. The molecule has 160 valence electrons. The minimum absolute atomic E-state index is 0.0541. The fourth-order valence-corrected chi connectivity index (χ4v) is 3.42. The maximum absolute atomic E-state index is 12.8. The van der Waals surface area contributed by atoms with Gasteiger partial charge in [-0.1, -0.05) is 36.6 Å². The van der Waals surface area contributed by atoms with Crippen molar-refractivity contribution in [3.8, 4) is 11.8 Å². The Morgan fingerprint density at radius 3 is 2.88 bits per heavy atom. The molecule has 8 heteroatoms. The number of amides is 1.